The summed E-state index contributed by atoms with van der Waals surface area (Å²) in [6.45, 7) is 3.18. The summed E-state index contributed by atoms with van der Waals surface area (Å²) >= 11 is 0. The van der Waals surface area contributed by atoms with Crippen LogP contribution in [0.4, 0.5) is 5.82 Å². The number of aliphatic hydroxyl groups is 1. The van der Waals surface area contributed by atoms with Crippen molar-refractivity contribution in [1.29, 1.82) is 0 Å². The lowest BCUT2D eigenvalue weighted by Gasteiger charge is -2.43. The van der Waals surface area contributed by atoms with Crippen LogP contribution in [-0.4, -0.2) is 46.6 Å². The second-order valence-corrected chi connectivity index (χ2v) is 6.36. The molecule has 1 spiro atoms. The Hall–Kier alpha value is -1.95. The molecule has 1 aromatic heterocycles. The van der Waals surface area contributed by atoms with E-state index >= 15 is 0 Å². The lowest BCUT2D eigenvalue weighted by molar-refractivity contribution is -0.122. The summed E-state index contributed by atoms with van der Waals surface area (Å²) < 4.78 is 0. The molecule has 2 N–H and O–H groups in total. The van der Waals surface area contributed by atoms with Gasteiger partial charge in [0.25, 0.3) is 6.47 Å². The number of aliphatic hydroxyl groups excluding tert-OH is 1. The third-order valence-electron chi connectivity index (χ3n) is 4.95. The Bertz CT molecular complexity index is 546. The Kier molecular flexibility index (Phi) is 5.71. The molecule has 23 heavy (non-hydrogen) atoms. The van der Waals surface area contributed by atoms with Gasteiger partial charge >= 0.3 is 0 Å². The van der Waals surface area contributed by atoms with Crippen molar-refractivity contribution in [2.45, 2.75) is 45.1 Å². The summed E-state index contributed by atoms with van der Waals surface area (Å²) in [7, 11) is 0. The number of hydrogen-bond donors (Lipinski definition) is 2. The number of ketones is 1. The van der Waals surface area contributed by atoms with Crippen LogP contribution in [0.25, 0.3) is 0 Å². The largest absolute Gasteiger partial charge is 0.483 e. The summed E-state index contributed by atoms with van der Waals surface area (Å²) in [5.41, 5.74) is 0.723. The third kappa shape index (κ3) is 3.88. The monoisotopic (exact) mass is 320 g/mol. The van der Waals surface area contributed by atoms with E-state index in [1.54, 1.807) is 13.1 Å². The van der Waals surface area contributed by atoms with Crippen molar-refractivity contribution in [3.8, 4) is 0 Å². The van der Waals surface area contributed by atoms with Gasteiger partial charge in [0.2, 0.25) is 0 Å². The predicted octanol–water partition coefficient (Wildman–Crippen LogP) is 2.12. The molecule has 126 valence electrons. The average molecular weight is 320 g/mol. The molecule has 0 amide bonds. The molecule has 3 rings (SSSR count). The molecule has 2 atom stereocenters. The van der Waals surface area contributed by atoms with Crippen LogP contribution in [0.3, 0.4) is 0 Å². The number of pyridine rings is 1. The second-order valence-electron chi connectivity index (χ2n) is 6.36. The van der Waals surface area contributed by atoms with Crippen LogP contribution in [0.5, 0.6) is 0 Å². The number of aromatic nitrogens is 1. The van der Waals surface area contributed by atoms with E-state index in [4.69, 9.17) is 9.90 Å². The molecule has 1 aliphatic heterocycles. The van der Waals surface area contributed by atoms with Crippen LogP contribution in [0.15, 0.2) is 18.3 Å². The molecule has 1 aromatic rings. The van der Waals surface area contributed by atoms with Crippen molar-refractivity contribution in [1.82, 2.24) is 4.98 Å². The number of carboxylic acid groups (broad SMARTS) is 1. The maximum absolute atomic E-state index is 11.3. The van der Waals surface area contributed by atoms with Crippen molar-refractivity contribution < 1.29 is 19.8 Å². The van der Waals surface area contributed by atoms with Gasteiger partial charge in [-0.1, -0.05) is 6.42 Å². The maximum atomic E-state index is 11.3. The molecule has 6 heteroatoms. The van der Waals surface area contributed by atoms with E-state index in [0.29, 0.717) is 5.56 Å². The summed E-state index contributed by atoms with van der Waals surface area (Å²) in [4.78, 5) is 26.3. The normalized spacial score (nSPS) is 26.5. The molecular weight excluding hydrogens is 296 g/mol. The first-order valence-electron chi connectivity index (χ1n) is 8.00. The number of carbonyl (C=O) groups is 2. The highest BCUT2D eigenvalue weighted by atomic mass is 16.3. The van der Waals surface area contributed by atoms with E-state index in [-0.39, 0.29) is 23.8 Å². The van der Waals surface area contributed by atoms with Gasteiger partial charge in [0.15, 0.2) is 5.78 Å². The van der Waals surface area contributed by atoms with Gasteiger partial charge in [-0.05, 0) is 44.7 Å². The molecule has 0 unspecified atom stereocenters. The number of nitrogens with zero attached hydrogens (tertiary/aromatic N) is 2. The van der Waals surface area contributed by atoms with Crippen molar-refractivity contribution in [3.63, 3.8) is 0 Å². The number of rotatable bonds is 2. The van der Waals surface area contributed by atoms with Crippen LogP contribution < -0.4 is 4.90 Å². The summed E-state index contributed by atoms with van der Waals surface area (Å²) in [5.74, 6) is 0.971. The van der Waals surface area contributed by atoms with E-state index in [2.05, 4.69) is 9.88 Å². The zero-order chi connectivity index (χ0) is 16.9. The minimum absolute atomic E-state index is 0.0466. The second kappa shape index (κ2) is 7.55. The first-order valence-corrected chi connectivity index (χ1v) is 8.00. The van der Waals surface area contributed by atoms with Crippen LogP contribution in [0.1, 0.15) is 49.4 Å². The molecule has 6 nitrogen and oxygen atoms in total. The highest BCUT2D eigenvalue weighted by molar-refractivity contribution is 5.93. The van der Waals surface area contributed by atoms with Crippen molar-refractivity contribution >= 4 is 18.1 Å². The standard InChI is InChI=1S/C16H22N2O2.CH2O2/c1-12(19)13-5-6-15(17-10-13)18-9-3-8-16(11-18)7-2-4-14(16)20;2-1-3/h5-6,10,14,20H,2-4,7-9,11H2,1H3;1H,(H,2,3)/t14-,16+;/m1./s1. The van der Waals surface area contributed by atoms with Crippen LogP contribution >= 0.6 is 0 Å². The minimum Gasteiger partial charge on any atom is -0.483 e. The smallest absolute Gasteiger partial charge is 0.290 e. The van der Waals surface area contributed by atoms with E-state index in [1.165, 1.54) is 0 Å². The number of anilines is 1. The van der Waals surface area contributed by atoms with Gasteiger partial charge in [0, 0.05) is 30.3 Å². The average Bonchev–Trinajstić information content (AvgIpc) is 2.88. The zero-order valence-electron chi connectivity index (χ0n) is 13.4. The summed E-state index contributed by atoms with van der Waals surface area (Å²) in [6.07, 6.45) is 6.90. The molecule has 1 aliphatic carbocycles. The van der Waals surface area contributed by atoms with E-state index in [1.807, 2.05) is 12.1 Å². The van der Waals surface area contributed by atoms with Gasteiger partial charge in [-0.3, -0.25) is 9.59 Å². The van der Waals surface area contributed by atoms with Crippen LogP contribution in [-0.2, 0) is 4.79 Å². The van der Waals surface area contributed by atoms with Crippen molar-refractivity contribution in [2.24, 2.45) is 5.41 Å². The van der Waals surface area contributed by atoms with E-state index in [9.17, 15) is 9.90 Å². The highest BCUT2D eigenvalue weighted by Crippen LogP contribution is 2.45. The fraction of sp³-hybridized carbons (Fsp3) is 0.588. The first-order chi connectivity index (χ1) is 11.0. The molecule has 1 saturated carbocycles. The van der Waals surface area contributed by atoms with Gasteiger partial charge in [-0.25, -0.2) is 4.98 Å². The fourth-order valence-corrected chi connectivity index (χ4v) is 3.73. The zero-order valence-corrected chi connectivity index (χ0v) is 13.4. The Morgan fingerprint density at radius 3 is 2.61 bits per heavy atom. The Morgan fingerprint density at radius 1 is 1.39 bits per heavy atom. The lowest BCUT2D eigenvalue weighted by atomic mass is 9.77. The van der Waals surface area contributed by atoms with E-state index in [0.717, 1.165) is 51.0 Å². The molecule has 2 aliphatic rings. The maximum Gasteiger partial charge on any atom is 0.290 e. The van der Waals surface area contributed by atoms with Crippen molar-refractivity contribution in [3.05, 3.63) is 23.9 Å². The highest BCUT2D eigenvalue weighted by Gasteiger charge is 2.44. The van der Waals surface area contributed by atoms with Crippen LogP contribution in [0.2, 0.25) is 0 Å². The molecule has 0 bridgehead atoms. The van der Waals surface area contributed by atoms with Gasteiger partial charge in [-0.15, -0.1) is 0 Å². The van der Waals surface area contributed by atoms with Gasteiger partial charge in [0.1, 0.15) is 5.82 Å². The van der Waals surface area contributed by atoms with Gasteiger partial charge in [-0.2, -0.15) is 0 Å². The van der Waals surface area contributed by atoms with Crippen LogP contribution in [0, 0.1) is 5.41 Å². The summed E-state index contributed by atoms with van der Waals surface area (Å²) in [5, 5.41) is 17.2. The SMILES string of the molecule is CC(=O)c1ccc(N2CCC[C@@]3(CCC[C@H]3O)C2)nc1.O=CO. The molecule has 2 heterocycles. The lowest BCUT2D eigenvalue weighted by Crippen LogP contribution is -2.47. The van der Waals surface area contributed by atoms with Gasteiger partial charge in [0.05, 0.1) is 6.10 Å². The minimum atomic E-state index is -0.250. The summed E-state index contributed by atoms with van der Waals surface area (Å²) in [6, 6.07) is 3.77. The Labute approximate surface area is 136 Å². The topological polar surface area (TPSA) is 90.7 Å². The van der Waals surface area contributed by atoms with E-state index < -0.39 is 0 Å². The first kappa shape index (κ1) is 17.4. The molecular formula is C17H24N2O4. The third-order valence-corrected chi connectivity index (χ3v) is 4.95. The quantitative estimate of drug-likeness (QED) is 0.641. The number of piperidine rings is 1. The fourth-order valence-electron chi connectivity index (χ4n) is 3.73. The molecule has 2 fully saturated rings. The Balaban J connectivity index is 0.000000595. The van der Waals surface area contributed by atoms with Gasteiger partial charge < -0.3 is 15.1 Å². The molecule has 1 saturated heterocycles. The van der Waals surface area contributed by atoms with Crippen molar-refractivity contribution in [2.75, 3.05) is 18.0 Å². The number of hydrogen-bond acceptors (Lipinski definition) is 5. The molecule has 0 radical (unpaired) electrons. The number of Topliss-reactive ketones (excluding diaryl/α,β-unsaturated/α-hetero) is 1. The Morgan fingerprint density at radius 2 is 2.09 bits per heavy atom. The number of carbonyl (C=O) groups excluding carboxylic acids is 1. The molecule has 0 aromatic carbocycles. The predicted molar refractivity (Wildman–Crippen MR) is 86.7 cm³/mol.